The zero-order chi connectivity index (χ0) is 18.4. The lowest BCUT2D eigenvalue weighted by Gasteiger charge is -2.10. The first-order valence-electron chi connectivity index (χ1n) is 7.89. The highest BCUT2D eigenvalue weighted by molar-refractivity contribution is 7.99. The fourth-order valence-corrected chi connectivity index (χ4v) is 2.88. The number of carbonyl (C=O) groups is 2. The van der Waals surface area contributed by atoms with E-state index in [4.69, 9.17) is 0 Å². The summed E-state index contributed by atoms with van der Waals surface area (Å²) in [6.45, 7) is 0. The maximum atomic E-state index is 11.8. The monoisotopic (exact) mass is 367 g/mol. The topological polar surface area (TPSA) is 96.0 Å². The van der Waals surface area contributed by atoms with E-state index in [1.54, 1.807) is 0 Å². The van der Waals surface area contributed by atoms with Gasteiger partial charge in [-0.25, -0.2) is 14.8 Å². The Kier molecular flexibility index (Phi) is 5.65. The normalized spacial score (nSPS) is 10.3. The van der Waals surface area contributed by atoms with Crippen molar-refractivity contribution in [3.63, 3.8) is 0 Å². The second-order valence-electron chi connectivity index (χ2n) is 5.28. The molecular formula is C18H17N5O2S. The van der Waals surface area contributed by atoms with Gasteiger partial charge in [-0.2, -0.15) is 0 Å². The van der Waals surface area contributed by atoms with Crippen molar-refractivity contribution in [2.24, 2.45) is 0 Å². The number of amides is 3. The Morgan fingerprint density at radius 3 is 2.50 bits per heavy atom. The minimum atomic E-state index is -0.540. The highest BCUT2D eigenvalue weighted by atomic mass is 32.2. The van der Waals surface area contributed by atoms with Crippen molar-refractivity contribution in [3.8, 4) is 0 Å². The Morgan fingerprint density at radius 2 is 1.73 bits per heavy atom. The van der Waals surface area contributed by atoms with Gasteiger partial charge in [0.05, 0.1) is 11.3 Å². The van der Waals surface area contributed by atoms with Crippen LogP contribution in [0.1, 0.15) is 0 Å². The van der Waals surface area contributed by atoms with Crippen molar-refractivity contribution in [1.29, 1.82) is 0 Å². The number of hydrogen-bond acceptors (Lipinski definition) is 6. The molecule has 0 aliphatic heterocycles. The molecule has 0 saturated carbocycles. The number of benzene rings is 2. The molecule has 2 aromatic carbocycles. The van der Waals surface area contributed by atoms with Crippen LogP contribution >= 0.6 is 11.8 Å². The Balaban J connectivity index is 1.82. The molecule has 0 radical (unpaired) electrons. The van der Waals surface area contributed by atoms with Crippen molar-refractivity contribution in [2.75, 3.05) is 18.1 Å². The quantitative estimate of drug-likeness (QED) is 0.474. The van der Waals surface area contributed by atoms with Crippen LogP contribution in [-0.4, -0.2) is 34.7 Å². The van der Waals surface area contributed by atoms with Gasteiger partial charge in [0.25, 0.3) is 0 Å². The summed E-state index contributed by atoms with van der Waals surface area (Å²) in [4.78, 5) is 31.9. The van der Waals surface area contributed by atoms with Crippen molar-refractivity contribution in [3.05, 3.63) is 54.6 Å². The van der Waals surface area contributed by atoms with Crippen molar-refractivity contribution < 1.29 is 9.59 Å². The molecule has 1 heterocycles. The van der Waals surface area contributed by atoms with Gasteiger partial charge in [0.2, 0.25) is 5.91 Å². The maximum absolute atomic E-state index is 11.8. The number of hydrogen-bond donors (Lipinski definition) is 3. The Hall–Kier alpha value is -3.13. The number of fused-ring (bicyclic) bond motifs is 1. The molecule has 26 heavy (non-hydrogen) atoms. The summed E-state index contributed by atoms with van der Waals surface area (Å²) in [6, 6.07) is 16.8. The largest absolute Gasteiger partial charge is 0.341 e. The molecule has 0 fully saturated rings. The number of para-hydroxylation sites is 2. The summed E-state index contributed by atoms with van der Waals surface area (Å²) in [5, 5.41) is 9.17. The molecule has 7 nitrogen and oxygen atoms in total. The molecule has 0 saturated heterocycles. The van der Waals surface area contributed by atoms with Gasteiger partial charge in [-0.05, 0) is 24.3 Å². The van der Waals surface area contributed by atoms with E-state index in [0.29, 0.717) is 11.0 Å². The summed E-state index contributed by atoms with van der Waals surface area (Å²) in [6.07, 6.45) is 0. The number of rotatable bonds is 5. The average molecular weight is 367 g/mol. The summed E-state index contributed by atoms with van der Waals surface area (Å²) in [5.74, 6) is 0.288. The van der Waals surface area contributed by atoms with E-state index >= 15 is 0 Å². The highest BCUT2D eigenvalue weighted by Crippen LogP contribution is 2.26. The molecule has 0 unspecified atom stereocenters. The number of anilines is 2. The van der Waals surface area contributed by atoms with E-state index in [0.717, 1.165) is 16.6 Å². The van der Waals surface area contributed by atoms with Gasteiger partial charge in [-0.15, -0.1) is 0 Å². The van der Waals surface area contributed by atoms with Crippen LogP contribution in [0.25, 0.3) is 10.9 Å². The Bertz CT molecular complexity index is 933. The minimum absolute atomic E-state index is 0.0382. The molecule has 1 aromatic heterocycles. The molecule has 3 amide bonds. The number of nitrogens with zero attached hydrogens (tertiary/aromatic N) is 2. The van der Waals surface area contributed by atoms with E-state index < -0.39 is 11.9 Å². The standard InChI is InChI=1S/C18H17N5O2S/c1-19-17(25)22-15(24)11-26-18-21-14-10-6-5-9-13(14)16(23-18)20-12-7-3-2-4-8-12/h2-10H,11H2,1H3,(H,20,21,23)(H2,19,22,24,25). The van der Waals surface area contributed by atoms with Crippen LogP contribution in [0.5, 0.6) is 0 Å². The van der Waals surface area contributed by atoms with Crippen LogP contribution in [0.15, 0.2) is 59.8 Å². The summed E-state index contributed by atoms with van der Waals surface area (Å²) >= 11 is 1.17. The van der Waals surface area contributed by atoms with E-state index in [-0.39, 0.29) is 5.75 Å². The second kappa shape index (κ2) is 8.30. The van der Waals surface area contributed by atoms with Crippen LogP contribution in [0.3, 0.4) is 0 Å². The van der Waals surface area contributed by atoms with Crippen molar-refractivity contribution in [2.45, 2.75) is 5.16 Å². The first-order valence-corrected chi connectivity index (χ1v) is 8.87. The number of imide groups is 1. The van der Waals surface area contributed by atoms with E-state index in [9.17, 15) is 9.59 Å². The Labute approximate surface area is 154 Å². The zero-order valence-corrected chi connectivity index (χ0v) is 14.8. The number of urea groups is 1. The third kappa shape index (κ3) is 4.48. The van der Waals surface area contributed by atoms with Crippen LogP contribution in [0, 0.1) is 0 Å². The fourth-order valence-electron chi connectivity index (χ4n) is 2.23. The summed E-state index contributed by atoms with van der Waals surface area (Å²) < 4.78 is 0. The molecule has 0 bridgehead atoms. The molecule has 3 N–H and O–H groups in total. The van der Waals surface area contributed by atoms with Gasteiger partial charge >= 0.3 is 6.03 Å². The van der Waals surface area contributed by atoms with Crippen LogP contribution in [0.2, 0.25) is 0 Å². The molecular weight excluding hydrogens is 350 g/mol. The lowest BCUT2D eigenvalue weighted by Crippen LogP contribution is -2.38. The smallest absolute Gasteiger partial charge is 0.321 e. The predicted molar refractivity (Wildman–Crippen MR) is 103 cm³/mol. The van der Waals surface area contributed by atoms with Crippen LogP contribution < -0.4 is 16.0 Å². The maximum Gasteiger partial charge on any atom is 0.321 e. The van der Waals surface area contributed by atoms with Crippen LogP contribution in [0.4, 0.5) is 16.3 Å². The lowest BCUT2D eigenvalue weighted by molar-refractivity contribution is -0.117. The zero-order valence-electron chi connectivity index (χ0n) is 14.0. The predicted octanol–water partition coefficient (Wildman–Crippen LogP) is 2.92. The summed E-state index contributed by atoms with van der Waals surface area (Å²) in [5.41, 5.74) is 1.68. The summed E-state index contributed by atoms with van der Waals surface area (Å²) in [7, 11) is 1.45. The molecule has 0 aliphatic carbocycles. The lowest BCUT2D eigenvalue weighted by atomic mass is 10.2. The number of carbonyl (C=O) groups excluding carboxylic acids is 2. The Morgan fingerprint density at radius 1 is 1.00 bits per heavy atom. The minimum Gasteiger partial charge on any atom is -0.341 e. The van der Waals surface area contributed by atoms with Crippen molar-refractivity contribution >= 4 is 46.1 Å². The van der Waals surface area contributed by atoms with Gasteiger partial charge < -0.3 is 10.6 Å². The average Bonchev–Trinajstić information content (AvgIpc) is 2.67. The molecule has 0 spiro atoms. The first kappa shape index (κ1) is 17.7. The molecule has 3 aromatic rings. The van der Waals surface area contributed by atoms with Gasteiger partial charge in [0, 0.05) is 18.1 Å². The van der Waals surface area contributed by atoms with E-state index in [2.05, 4.69) is 25.9 Å². The molecule has 3 rings (SSSR count). The van der Waals surface area contributed by atoms with Gasteiger partial charge in [0.1, 0.15) is 5.82 Å². The number of thioether (sulfide) groups is 1. The van der Waals surface area contributed by atoms with Gasteiger partial charge in [0.15, 0.2) is 5.16 Å². The molecule has 0 aliphatic rings. The van der Waals surface area contributed by atoms with Gasteiger partial charge in [-0.3, -0.25) is 10.1 Å². The van der Waals surface area contributed by atoms with E-state index in [1.165, 1.54) is 18.8 Å². The van der Waals surface area contributed by atoms with Crippen molar-refractivity contribution in [1.82, 2.24) is 20.6 Å². The second-order valence-corrected chi connectivity index (χ2v) is 6.22. The fraction of sp³-hybridized carbons (Fsp3) is 0.111. The highest BCUT2D eigenvalue weighted by Gasteiger charge is 2.11. The van der Waals surface area contributed by atoms with E-state index in [1.807, 2.05) is 54.6 Å². The first-order chi connectivity index (χ1) is 12.7. The third-order valence-electron chi connectivity index (χ3n) is 3.43. The third-order valence-corrected chi connectivity index (χ3v) is 4.28. The molecule has 132 valence electrons. The van der Waals surface area contributed by atoms with Gasteiger partial charge in [-0.1, -0.05) is 42.1 Å². The number of nitrogens with one attached hydrogen (secondary N) is 3. The molecule has 0 atom stereocenters. The van der Waals surface area contributed by atoms with Crippen LogP contribution in [-0.2, 0) is 4.79 Å². The molecule has 8 heteroatoms. The number of aromatic nitrogens is 2. The SMILES string of the molecule is CNC(=O)NC(=O)CSc1nc(Nc2ccccc2)c2ccccc2n1.